The molecule has 0 saturated carbocycles. The normalized spacial score (nSPS) is 13.0. The third-order valence-corrected chi connectivity index (χ3v) is 6.61. The average molecular weight is 561 g/mol. The zero-order valence-corrected chi connectivity index (χ0v) is 23.0. The number of methoxy groups -OCH3 is 1. The molecule has 4 aromatic rings. The summed E-state index contributed by atoms with van der Waals surface area (Å²) < 4.78 is 31.5. The number of hydrogen-bond donors (Lipinski definition) is 2. The number of carbonyl (C=O) groups is 2. The second-order valence-electron chi connectivity index (χ2n) is 9.75. The number of halogens is 1. The first kappa shape index (κ1) is 27.7. The first-order valence-corrected chi connectivity index (χ1v) is 12.8. The number of benzene rings is 3. The van der Waals surface area contributed by atoms with E-state index in [-0.39, 0.29) is 29.7 Å². The first-order valence-electron chi connectivity index (χ1n) is 12.8. The highest BCUT2D eigenvalue weighted by atomic mass is 19.1. The van der Waals surface area contributed by atoms with E-state index in [0.29, 0.717) is 58.0 Å². The van der Waals surface area contributed by atoms with Crippen molar-refractivity contribution in [2.45, 2.75) is 0 Å². The fraction of sp³-hybridized carbons (Fsp3) is 0.233. The lowest BCUT2D eigenvalue weighted by molar-refractivity contribution is -0.118. The summed E-state index contributed by atoms with van der Waals surface area (Å²) in [6.45, 7) is 0.933. The molecule has 1 amide bonds. The molecule has 0 spiro atoms. The summed E-state index contributed by atoms with van der Waals surface area (Å²) in [6, 6.07) is 14.4. The number of H-pyrrole nitrogens is 1. The molecule has 2 N–H and O–H groups in total. The number of anilines is 1. The van der Waals surface area contributed by atoms with Crippen LogP contribution in [-0.4, -0.2) is 80.6 Å². The van der Waals surface area contributed by atoms with Crippen molar-refractivity contribution in [3.8, 4) is 17.4 Å². The van der Waals surface area contributed by atoms with Gasteiger partial charge in [0.05, 0.1) is 41.9 Å². The van der Waals surface area contributed by atoms with Gasteiger partial charge in [-0.2, -0.15) is 0 Å². The molecular formula is C30H29FN4O6. The van der Waals surface area contributed by atoms with Crippen molar-refractivity contribution in [3.63, 3.8) is 0 Å². The van der Waals surface area contributed by atoms with Gasteiger partial charge in [0.25, 0.3) is 0 Å². The van der Waals surface area contributed by atoms with E-state index in [0.717, 1.165) is 0 Å². The van der Waals surface area contributed by atoms with E-state index < -0.39 is 11.8 Å². The molecule has 10 nitrogen and oxygen atoms in total. The predicted molar refractivity (Wildman–Crippen MR) is 152 cm³/mol. The smallest absolute Gasteiger partial charge is 0.337 e. The van der Waals surface area contributed by atoms with Gasteiger partial charge in [0.2, 0.25) is 5.91 Å². The molecule has 0 aliphatic carbocycles. The van der Waals surface area contributed by atoms with E-state index in [4.69, 9.17) is 19.2 Å². The average Bonchev–Trinajstić information content (AvgIpc) is 3.29. The Labute approximate surface area is 235 Å². The van der Waals surface area contributed by atoms with E-state index in [2.05, 4.69) is 4.98 Å². The van der Waals surface area contributed by atoms with Crippen LogP contribution in [0.25, 0.3) is 10.9 Å². The van der Waals surface area contributed by atoms with E-state index in [1.165, 1.54) is 31.2 Å². The Bertz CT molecular complexity index is 1680. The number of carbonyl (C=O) groups excluding carboxylic acids is 2. The molecular weight excluding hydrogens is 531 g/mol. The third kappa shape index (κ3) is 5.57. The summed E-state index contributed by atoms with van der Waals surface area (Å²) in [4.78, 5) is 35.2. The van der Waals surface area contributed by atoms with Crippen LogP contribution in [0.5, 0.6) is 17.4 Å². The Kier molecular flexibility index (Phi) is 7.62. The van der Waals surface area contributed by atoms with Crippen molar-refractivity contribution in [1.82, 2.24) is 9.88 Å². The Morgan fingerprint density at radius 2 is 1.73 bits per heavy atom. The number of aromatic nitrogens is 1. The highest BCUT2D eigenvalue weighted by molar-refractivity contribution is 6.22. The summed E-state index contributed by atoms with van der Waals surface area (Å²) in [7, 11) is 6.32. The molecule has 5 rings (SSSR count). The molecule has 1 aliphatic heterocycles. The van der Waals surface area contributed by atoms with E-state index in [9.17, 15) is 14.7 Å². The Morgan fingerprint density at radius 3 is 2.44 bits per heavy atom. The van der Waals surface area contributed by atoms with Crippen LogP contribution in [-0.2, 0) is 9.53 Å². The molecule has 3 aromatic carbocycles. The second kappa shape index (κ2) is 11.3. The van der Waals surface area contributed by atoms with Crippen LogP contribution in [0.4, 0.5) is 15.8 Å². The summed E-state index contributed by atoms with van der Waals surface area (Å²) in [6.07, 6.45) is 0. The SMILES string of the molecule is COC(=O)c1ccc2c(C(=Nc3ccc(N(C)C(=O)CN(C)C)c(F)c3)c3ccc4c(c3)OCCO4)c(O)[nH]c2c1. The van der Waals surface area contributed by atoms with Crippen molar-refractivity contribution in [1.29, 1.82) is 0 Å². The Hall–Kier alpha value is -4.90. The number of aromatic amines is 1. The number of ether oxygens (including phenoxy) is 3. The molecule has 0 atom stereocenters. The fourth-order valence-corrected chi connectivity index (χ4v) is 4.60. The maximum absolute atomic E-state index is 15.3. The monoisotopic (exact) mass is 560 g/mol. The van der Waals surface area contributed by atoms with Gasteiger partial charge >= 0.3 is 5.97 Å². The van der Waals surface area contributed by atoms with E-state index in [1.54, 1.807) is 61.5 Å². The summed E-state index contributed by atoms with van der Waals surface area (Å²) in [5, 5.41) is 11.6. The molecule has 1 aromatic heterocycles. The van der Waals surface area contributed by atoms with E-state index in [1.807, 2.05) is 0 Å². The maximum Gasteiger partial charge on any atom is 0.337 e. The number of hydrogen-bond acceptors (Lipinski definition) is 8. The lowest BCUT2D eigenvalue weighted by atomic mass is 9.99. The van der Waals surface area contributed by atoms with Crippen LogP contribution in [0.2, 0.25) is 0 Å². The van der Waals surface area contributed by atoms with Gasteiger partial charge in [0.15, 0.2) is 17.4 Å². The minimum Gasteiger partial charge on any atom is -0.494 e. The number of esters is 1. The number of amides is 1. The highest BCUT2D eigenvalue weighted by Gasteiger charge is 2.23. The van der Waals surface area contributed by atoms with Crippen molar-refractivity contribution in [2.75, 3.05) is 52.9 Å². The highest BCUT2D eigenvalue weighted by Crippen LogP contribution is 2.36. The molecule has 212 valence electrons. The molecule has 41 heavy (non-hydrogen) atoms. The van der Waals surface area contributed by atoms with Gasteiger partial charge in [0, 0.05) is 29.6 Å². The van der Waals surface area contributed by atoms with Crippen LogP contribution in [0.1, 0.15) is 21.5 Å². The van der Waals surface area contributed by atoms with Crippen LogP contribution in [0.15, 0.2) is 59.6 Å². The largest absolute Gasteiger partial charge is 0.494 e. The summed E-state index contributed by atoms with van der Waals surface area (Å²) in [5.74, 6) is -0.526. The molecule has 0 bridgehead atoms. The number of nitrogens with zero attached hydrogens (tertiary/aromatic N) is 3. The van der Waals surface area contributed by atoms with Gasteiger partial charge in [-0.1, -0.05) is 6.07 Å². The van der Waals surface area contributed by atoms with E-state index >= 15 is 4.39 Å². The van der Waals surface area contributed by atoms with Crippen LogP contribution in [0, 0.1) is 5.82 Å². The topological polar surface area (TPSA) is 117 Å². The Balaban J connectivity index is 1.64. The second-order valence-corrected chi connectivity index (χ2v) is 9.75. The summed E-state index contributed by atoms with van der Waals surface area (Å²) in [5.41, 5.74) is 2.39. The lowest BCUT2D eigenvalue weighted by Gasteiger charge is -2.20. The number of likely N-dealkylation sites (N-methyl/N-ethyl adjacent to an activating group) is 2. The zero-order valence-electron chi connectivity index (χ0n) is 23.0. The molecule has 11 heteroatoms. The maximum atomic E-state index is 15.3. The van der Waals surface area contributed by atoms with Gasteiger partial charge in [-0.3, -0.25) is 4.79 Å². The van der Waals surface area contributed by atoms with Gasteiger partial charge in [-0.15, -0.1) is 0 Å². The number of aromatic hydroxyl groups is 1. The van der Waals surface area contributed by atoms with Gasteiger partial charge < -0.3 is 34.1 Å². The van der Waals surface area contributed by atoms with Crippen LogP contribution in [0.3, 0.4) is 0 Å². The van der Waals surface area contributed by atoms with Crippen molar-refractivity contribution >= 4 is 39.9 Å². The van der Waals surface area contributed by atoms with Crippen molar-refractivity contribution < 1.29 is 33.3 Å². The van der Waals surface area contributed by atoms with Crippen molar-refractivity contribution in [2.24, 2.45) is 4.99 Å². The molecule has 0 fully saturated rings. The number of fused-ring (bicyclic) bond motifs is 2. The van der Waals surface area contributed by atoms with Gasteiger partial charge in [-0.05, 0) is 56.6 Å². The van der Waals surface area contributed by atoms with Crippen LogP contribution < -0.4 is 14.4 Å². The van der Waals surface area contributed by atoms with Gasteiger partial charge in [-0.25, -0.2) is 14.2 Å². The zero-order chi connectivity index (χ0) is 29.3. The quantitative estimate of drug-likeness (QED) is 0.256. The Morgan fingerprint density at radius 1 is 1.00 bits per heavy atom. The molecule has 0 unspecified atom stereocenters. The predicted octanol–water partition coefficient (Wildman–Crippen LogP) is 4.26. The number of rotatable bonds is 7. The molecule has 1 aliphatic rings. The van der Waals surface area contributed by atoms with Gasteiger partial charge in [0.1, 0.15) is 19.0 Å². The van der Waals surface area contributed by atoms with Crippen molar-refractivity contribution in [3.05, 3.63) is 77.1 Å². The third-order valence-electron chi connectivity index (χ3n) is 6.61. The number of aliphatic imine (C=N–C) groups is 1. The number of nitrogens with one attached hydrogen (secondary N) is 1. The standard InChI is InChI=1S/C30H29FN4O6/c1-34(2)16-26(36)35(3)23-9-7-19(15-21(23)31)32-28(17-6-10-24-25(14-17)41-12-11-40-24)27-20-8-5-18(30(38)39-4)13-22(20)33-29(27)37/h5-10,13-15,33,37H,11-12,16H2,1-4H3. The minimum absolute atomic E-state index is 0.113. The molecule has 2 heterocycles. The minimum atomic E-state index is -0.631. The summed E-state index contributed by atoms with van der Waals surface area (Å²) >= 11 is 0. The lowest BCUT2D eigenvalue weighted by Crippen LogP contribution is -2.35. The molecule has 0 radical (unpaired) electrons. The van der Waals surface area contributed by atoms with Crippen LogP contribution >= 0.6 is 0 Å². The first-order chi connectivity index (χ1) is 19.7. The molecule has 0 saturated heterocycles. The fourth-order valence-electron chi connectivity index (χ4n) is 4.60.